The molecule has 0 saturated carbocycles. The molecular formula is C12H19N5O2. The summed E-state index contributed by atoms with van der Waals surface area (Å²) in [6, 6.07) is 0. The predicted octanol–water partition coefficient (Wildman–Crippen LogP) is 1.84. The van der Waals surface area contributed by atoms with Crippen molar-refractivity contribution in [2.24, 2.45) is 11.3 Å². The van der Waals surface area contributed by atoms with Gasteiger partial charge in [-0.15, -0.1) is 0 Å². The lowest BCUT2D eigenvalue weighted by Crippen LogP contribution is -2.27. The van der Waals surface area contributed by atoms with E-state index in [1.54, 1.807) is 0 Å². The van der Waals surface area contributed by atoms with E-state index in [2.05, 4.69) is 30.7 Å². The largest absolute Gasteiger partial charge is 0.368 e. The summed E-state index contributed by atoms with van der Waals surface area (Å²) in [5, 5.41) is 11.0. The SMILES string of the molecule is CC(C)(C)C1CCN(c2nc(N)ncc2[N+](=O)[O-])C1. The Kier molecular flexibility index (Phi) is 3.30. The molecule has 1 aliphatic heterocycles. The van der Waals surface area contributed by atoms with E-state index in [-0.39, 0.29) is 17.1 Å². The molecule has 7 nitrogen and oxygen atoms in total. The number of nitro groups is 1. The van der Waals surface area contributed by atoms with E-state index in [1.165, 1.54) is 6.20 Å². The summed E-state index contributed by atoms with van der Waals surface area (Å²) >= 11 is 0. The summed E-state index contributed by atoms with van der Waals surface area (Å²) in [7, 11) is 0. The lowest BCUT2D eigenvalue weighted by Gasteiger charge is -2.27. The summed E-state index contributed by atoms with van der Waals surface area (Å²) in [5.41, 5.74) is 5.65. The van der Waals surface area contributed by atoms with Crippen LogP contribution >= 0.6 is 0 Å². The molecule has 0 aliphatic carbocycles. The highest BCUT2D eigenvalue weighted by Gasteiger charge is 2.35. The first-order valence-electron chi connectivity index (χ1n) is 6.31. The fourth-order valence-electron chi connectivity index (χ4n) is 2.40. The molecule has 0 radical (unpaired) electrons. The second-order valence-electron chi connectivity index (χ2n) is 5.99. The Morgan fingerprint density at radius 3 is 2.74 bits per heavy atom. The van der Waals surface area contributed by atoms with Crippen LogP contribution in [0.15, 0.2) is 6.20 Å². The average Bonchev–Trinajstić information content (AvgIpc) is 2.77. The van der Waals surface area contributed by atoms with Crippen LogP contribution in [0, 0.1) is 21.4 Å². The minimum absolute atomic E-state index is 0.0693. The van der Waals surface area contributed by atoms with Crippen LogP contribution in [-0.4, -0.2) is 28.0 Å². The van der Waals surface area contributed by atoms with Crippen molar-refractivity contribution in [1.29, 1.82) is 0 Å². The van der Waals surface area contributed by atoms with E-state index in [9.17, 15) is 10.1 Å². The molecule has 2 N–H and O–H groups in total. The first-order valence-corrected chi connectivity index (χ1v) is 6.31. The molecule has 1 aliphatic rings. The molecule has 1 saturated heterocycles. The number of nitrogens with zero attached hydrogens (tertiary/aromatic N) is 4. The molecule has 0 amide bonds. The number of anilines is 2. The minimum Gasteiger partial charge on any atom is -0.368 e. The molecule has 1 atom stereocenters. The Balaban J connectivity index is 2.28. The van der Waals surface area contributed by atoms with Crippen LogP contribution in [0.5, 0.6) is 0 Å². The first-order chi connectivity index (χ1) is 8.79. The van der Waals surface area contributed by atoms with E-state index < -0.39 is 4.92 Å². The molecule has 2 heterocycles. The third-order valence-corrected chi connectivity index (χ3v) is 3.68. The van der Waals surface area contributed by atoms with Gasteiger partial charge in [0.1, 0.15) is 6.20 Å². The van der Waals surface area contributed by atoms with E-state index in [0.717, 1.165) is 19.5 Å². The van der Waals surface area contributed by atoms with Gasteiger partial charge >= 0.3 is 5.69 Å². The second-order valence-corrected chi connectivity index (χ2v) is 5.99. The molecule has 19 heavy (non-hydrogen) atoms. The highest BCUT2D eigenvalue weighted by Crippen LogP contribution is 2.37. The lowest BCUT2D eigenvalue weighted by molar-refractivity contribution is -0.384. The molecule has 2 rings (SSSR count). The Bertz CT molecular complexity index is 497. The van der Waals surface area contributed by atoms with Gasteiger partial charge in [0.15, 0.2) is 0 Å². The van der Waals surface area contributed by atoms with Gasteiger partial charge in [0.2, 0.25) is 11.8 Å². The van der Waals surface area contributed by atoms with Crippen LogP contribution in [0.25, 0.3) is 0 Å². The summed E-state index contributed by atoms with van der Waals surface area (Å²) in [6.45, 7) is 8.08. The maximum absolute atomic E-state index is 11.0. The van der Waals surface area contributed by atoms with Gasteiger partial charge in [-0.2, -0.15) is 4.98 Å². The van der Waals surface area contributed by atoms with Gasteiger partial charge in [-0.05, 0) is 17.8 Å². The quantitative estimate of drug-likeness (QED) is 0.647. The zero-order valence-electron chi connectivity index (χ0n) is 11.5. The molecule has 0 spiro atoms. The Morgan fingerprint density at radius 1 is 1.53 bits per heavy atom. The molecule has 1 fully saturated rings. The number of nitrogens with two attached hydrogens (primary N) is 1. The molecule has 1 unspecified atom stereocenters. The van der Waals surface area contributed by atoms with Gasteiger partial charge in [0.25, 0.3) is 0 Å². The summed E-state index contributed by atoms with van der Waals surface area (Å²) in [6.07, 6.45) is 2.19. The number of hydrogen-bond donors (Lipinski definition) is 1. The van der Waals surface area contributed by atoms with Crippen molar-refractivity contribution in [1.82, 2.24) is 9.97 Å². The van der Waals surface area contributed by atoms with Crippen LogP contribution < -0.4 is 10.6 Å². The van der Waals surface area contributed by atoms with Crippen molar-refractivity contribution in [2.75, 3.05) is 23.7 Å². The van der Waals surface area contributed by atoms with Crippen molar-refractivity contribution < 1.29 is 4.92 Å². The lowest BCUT2D eigenvalue weighted by atomic mass is 9.80. The molecule has 1 aromatic heterocycles. The maximum Gasteiger partial charge on any atom is 0.329 e. The van der Waals surface area contributed by atoms with Crippen LogP contribution in [0.2, 0.25) is 0 Å². The molecule has 1 aromatic rings. The highest BCUT2D eigenvalue weighted by atomic mass is 16.6. The number of nitrogen functional groups attached to an aromatic ring is 1. The smallest absolute Gasteiger partial charge is 0.329 e. The van der Waals surface area contributed by atoms with Crippen LogP contribution in [-0.2, 0) is 0 Å². The Labute approximate surface area is 112 Å². The van der Waals surface area contributed by atoms with Crippen LogP contribution in [0.4, 0.5) is 17.5 Å². The van der Waals surface area contributed by atoms with Gasteiger partial charge in [-0.25, -0.2) is 4.98 Å². The number of rotatable bonds is 2. The van der Waals surface area contributed by atoms with E-state index in [4.69, 9.17) is 5.73 Å². The predicted molar refractivity (Wildman–Crippen MR) is 72.9 cm³/mol. The summed E-state index contributed by atoms with van der Waals surface area (Å²) < 4.78 is 0. The molecular weight excluding hydrogens is 246 g/mol. The molecule has 7 heteroatoms. The number of hydrogen-bond acceptors (Lipinski definition) is 6. The van der Waals surface area contributed by atoms with Gasteiger partial charge in [0, 0.05) is 13.1 Å². The van der Waals surface area contributed by atoms with Crippen molar-refractivity contribution in [3.05, 3.63) is 16.3 Å². The standard InChI is InChI=1S/C12H19N5O2/c1-12(2,3)8-4-5-16(7-8)10-9(17(18)19)6-14-11(13)15-10/h6,8H,4-5,7H2,1-3H3,(H2,13,14,15). The van der Waals surface area contributed by atoms with Crippen molar-refractivity contribution in [3.8, 4) is 0 Å². The topological polar surface area (TPSA) is 98.2 Å². The third kappa shape index (κ3) is 2.74. The molecule has 0 aromatic carbocycles. The maximum atomic E-state index is 11.0. The van der Waals surface area contributed by atoms with Crippen molar-refractivity contribution in [2.45, 2.75) is 27.2 Å². The average molecular weight is 265 g/mol. The summed E-state index contributed by atoms with van der Waals surface area (Å²) in [4.78, 5) is 20.2. The molecule has 0 bridgehead atoms. The minimum atomic E-state index is -0.459. The number of aromatic nitrogens is 2. The van der Waals surface area contributed by atoms with E-state index >= 15 is 0 Å². The normalized spacial score (nSPS) is 19.7. The monoisotopic (exact) mass is 265 g/mol. The zero-order valence-corrected chi connectivity index (χ0v) is 11.5. The Morgan fingerprint density at radius 2 is 2.21 bits per heavy atom. The van der Waals surface area contributed by atoms with Gasteiger partial charge in [0.05, 0.1) is 4.92 Å². The van der Waals surface area contributed by atoms with Gasteiger partial charge in [-0.3, -0.25) is 10.1 Å². The van der Waals surface area contributed by atoms with Crippen molar-refractivity contribution in [3.63, 3.8) is 0 Å². The van der Waals surface area contributed by atoms with Gasteiger partial charge < -0.3 is 10.6 Å². The molecule has 104 valence electrons. The Hall–Kier alpha value is -1.92. The zero-order chi connectivity index (χ0) is 14.2. The third-order valence-electron chi connectivity index (χ3n) is 3.68. The van der Waals surface area contributed by atoms with Gasteiger partial charge in [-0.1, -0.05) is 20.8 Å². The van der Waals surface area contributed by atoms with Crippen molar-refractivity contribution >= 4 is 17.5 Å². The first kappa shape index (κ1) is 13.5. The second kappa shape index (κ2) is 4.64. The van der Waals surface area contributed by atoms with Crippen LogP contribution in [0.1, 0.15) is 27.2 Å². The van der Waals surface area contributed by atoms with Crippen LogP contribution in [0.3, 0.4) is 0 Å². The van der Waals surface area contributed by atoms with E-state index in [0.29, 0.717) is 11.7 Å². The van der Waals surface area contributed by atoms with E-state index in [1.807, 2.05) is 4.90 Å². The fourth-order valence-corrected chi connectivity index (χ4v) is 2.40. The fraction of sp³-hybridized carbons (Fsp3) is 0.667. The summed E-state index contributed by atoms with van der Waals surface area (Å²) in [5.74, 6) is 0.896. The highest BCUT2D eigenvalue weighted by molar-refractivity contribution is 5.59.